The number of nitrogens with zero attached hydrogens (tertiary/aromatic N) is 6. The summed E-state index contributed by atoms with van der Waals surface area (Å²) in [5, 5.41) is 14.1. The molecule has 144 valence electrons. The average molecular weight is 369 g/mol. The van der Waals surface area contributed by atoms with Crippen molar-refractivity contribution in [2.24, 2.45) is 0 Å². The van der Waals surface area contributed by atoms with Gasteiger partial charge in [-0.3, -0.25) is 9.69 Å². The van der Waals surface area contributed by atoms with Crippen LogP contribution >= 0.6 is 0 Å². The molecule has 2 fully saturated rings. The fourth-order valence-electron chi connectivity index (χ4n) is 3.94. The van der Waals surface area contributed by atoms with Crippen LogP contribution in [0, 0.1) is 0 Å². The third kappa shape index (κ3) is 4.44. The number of amides is 1. The number of piperidine rings is 1. The normalized spacial score (nSPS) is 19.1. The van der Waals surface area contributed by atoms with Gasteiger partial charge in [0.05, 0.1) is 6.54 Å². The molecule has 8 nitrogen and oxygen atoms in total. The Kier molecular flexibility index (Phi) is 5.62. The number of anilines is 1. The predicted molar refractivity (Wildman–Crippen MR) is 103 cm³/mol. The molecule has 1 aromatic carbocycles. The Bertz CT molecular complexity index is 725. The molecule has 0 aliphatic carbocycles. The maximum Gasteiger partial charge on any atom is 0.236 e. The molecular weight excluding hydrogens is 342 g/mol. The Labute approximate surface area is 159 Å². The molecule has 8 heteroatoms. The highest BCUT2D eigenvalue weighted by atomic mass is 16.2. The molecule has 2 aliphatic heterocycles. The molecule has 0 saturated carbocycles. The van der Waals surface area contributed by atoms with Crippen molar-refractivity contribution in [1.82, 2.24) is 30.4 Å². The third-order valence-corrected chi connectivity index (χ3v) is 5.49. The number of H-pyrrole nitrogens is 1. The lowest BCUT2D eigenvalue weighted by atomic mass is 10.1. The molecule has 0 bridgehead atoms. The van der Waals surface area contributed by atoms with Crippen LogP contribution in [-0.4, -0.2) is 82.1 Å². The first-order valence-corrected chi connectivity index (χ1v) is 9.88. The van der Waals surface area contributed by atoms with Crippen LogP contribution in [-0.2, 0) is 4.79 Å². The van der Waals surface area contributed by atoms with Gasteiger partial charge in [0.2, 0.25) is 11.7 Å². The van der Waals surface area contributed by atoms with Gasteiger partial charge in [0, 0.05) is 37.4 Å². The van der Waals surface area contributed by atoms with Gasteiger partial charge < -0.3 is 9.80 Å². The van der Waals surface area contributed by atoms with Crippen molar-refractivity contribution in [3.8, 4) is 11.4 Å². The number of hydrogen-bond acceptors (Lipinski definition) is 6. The Morgan fingerprint density at radius 1 is 0.926 bits per heavy atom. The van der Waals surface area contributed by atoms with Crippen LogP contribution in [0.3, 0.4) is 0 Å². The summed E-state index contributed by atoms with van der Waals surface area (Å²) in [5.74, 6) is 0.887. The largest absolute Gasteiger partial charge is 0.370 e. The molecule has 4 rings (SSSR count). The third-order valence-electron chi connectivity index (χ3n) is 5.49. The van der Waals surface area contributed by atoms with Crippen molar-refractivity contribution in [3.05, 3.63) is 24.3 Å². The minimum atomic E-state index is 0.284. The van der Waals surface area contributed by atoms with Gasteiger partial charge in [0.1, 0.15) is 0 Å². The summed E-state index contributed by atoms with van der Waals surface area (Å²) in [7, 11) is 0. The van der Waals surface area contributed by atoms with E-state index in [2.05, 4.69) is 42.6 Å². The van der Waals surface area contributed by atoms with Gasteiger partial charge in [-0.15, -0.1) is 10.2 Å². The van der Waals surface area contributed by atoms with Gasteiger partial charge in [-0.05, 0) is 61.8 Å². The second-order valence-corrected chi connectivity index (χ2v) is 7.34. The van der Waals surface area contributed by atoms with Crippen molar-refractivity contribution < 1.29 is 4.79 Å². The zero-order chi connectivity index (χ0) is 18.5. The highest BCUT2D eigenvalue weighted by Gasteiger charge is 2.22. The van der Waals surface area contributed by atoms with Crippen LogP contribution in [0.15, 0.2) is 24.3 Å². The van der Waals surface area contributed by atoms with Crippen molar-refractivity contribution in [3.63, 3.8) is 0 Å². The van der Waals surface area contributed by atoms with E-state index in [1.54, 1.807) is 0 Å². The Morgan fingerprint density at radius 2 is 1.74 bits per heavy atom. The number of aromatic amines is 1. The van der Waals surface area contributed by atoms with Crippen molar-refractivity contribution in [2.45, 2.75) is 25.7 Å². The van der Waals surface area contributed by atoms with E-state index in [-0.39, 0.29) is 5.91 Å². The van der Waals surface area contributed by atoms with Crippen molar-refractivity contribution in [1.29, 1.82) is 0 Å². The molecule has 3 heterocycles. The number of rotatable bonds is 4. The lowest BCUT2D eigenvalue weighted by Gasteiger charge is -2.29. The van der Waals surface area contributed by atoms with E-state index in [1.807, 2.05) is 17.0 Å². The van der Waals surface area contributed by atoms with Gasteiger partial charge >= 0.3 is 0 Å². The smallest absolute Gasteiger partial charge is 0.236 e. The number of carbonyl (C=O) groups is 1. The fraction of sp³-hybridized carbons (Fsp3) is 0.579. The molecule has 2 saturated heterocycles. The number of likely N-dealkylation sites (tertiary alicyclic amines) is 1. The number of carbonyl (C=O) groups excluding carboxylic acids is 1. The Balaban J connectivity index is 1.33. The van der Waals surface area contributed by atoms with Gasteiger partial charge in [-0.1, -0.05) is 6.42 Å². The minimum absolute atomic E-state index is 0.284. The van der Waals surface area contributed by atoms with Gasteiger partial charge in [-0.25, -0.2) is 0 Å². The summed E-state index contributed by atoms with van der Waals surface area (Å²) >= 11 is 0. The number of hydrogen-bond donors (Lipinski definition) is 1. The summed E-state index contributed by atoms with van der Waals surface area (Å²) in [6.07, 6.45) is 4.75. The van der Waals surface area contributed by atoms with Crippen LogP contribution < -0.4 is 4.90 Å². The molecule has 2 aromatic rings. The van der Waals surface area contributed by atoms with Gasteiger partial charge in [-0.2, -0.15) is 5.21 Å². The summed E-state index contributed by atoms with van der Waals surface area (Å²) in [6.45, 7) is 6.20. The zero-order valence-electron chi connectivity index (χ0n) is 15.7. The number of benzene rings is 1. The molecular formula is C19H27N7O. The molecule has 1 aromatic heterocycles. The summed E-state index contributed by atoms with van der Waals surface area (Å²) in [4.78, 5) is 19.4. The summed E-state index contributed by atoms with van der Waals surface area (Å²) < 4.78 is 0. The van der Waals surface area contributed by atoms with Gasteiger partial charge in [0.15, 0.2) is 0 Å². The van der Waals surface area contributed by atoms with Crippen LogP contribution in [0.2, 0.25) is 0 Å². The second-order valence-electron chi connectivity index (χ2n) is 7.34. The zero-order valence-corrected chi connectivity index (χ0v) is 15.7. The monoisotopic (exact) mass is 369 g/mol. The van der Waals surface area contributed by atoms with E-state index in [4.69, 9.17) is 0 Å². The molecule has 0 unspecified atom stereocenters. The summed E-state index contributed by atoms with van der Waals surface area (Å²) in [5.41, 5.74) is 2.12. The lowest BCUT2D eigenvalue weighted by molar-refractivity contribution is -0.132. The molecule has 0 radical (unpaired) electrons. The van der Waals surface area contributed by atoms with Crippen LogP contribution in [0.5, 0.6) is 0 Å². The van der Waals surface area contributed by atoms with Gasteiger partial charge in [0.25, 0.3) is 0 Å². The summed E-state index contributed by atoms with van der Waals surface area (Å²) in [6, 6.07) is 8.22. The highest BCUT2D eigenvalue weighted by Crippen LogP contribution is 2.21. The standard InChI is InChI=1S/C19H27N7O/c27-18(15-24-9-2-1-3-10-24)26-12-4-11-25(13-14-26)17-7-5-16(6-8-17)19-20-22-23-21-19/h5-8H,1-4,9-15H2,(H,20,21,22,23). The molecule has 0 spiro atoms. The van der Waals surface area contributed by atoms with E-state index >= 15 is 0 Å². The van der Waals surface area contributed by atoms with Crippen LogP contribution in [0.1, 0.15) is 25.7 Å². The molecule has 0 atom stereocenters. The molecule has 1 N–H and O–H groups in total. The Hall–Kier alpha value is -2.48. The van der Waals surface area contributed by atoms with E-state index < -0.39 is 0 Å². The average Bonchev–Trinajstić information content (AvgIpc) is 3.13. The van der Waals surface area contributed by atoms with E-state index in [0.717, 1.165) is 51.3 Å². The number of tetrazole rings is 1. The minimum Gasteiger partial charge on any atom is -0.370 e. The number of aromatic nitrogens is 4. The number of nitrogens with one attached hydrogen (secondary N) is 1. The molecule has 27 heavy (non-hydrogen) atoms. The maximum atomic E-state index is 12.7. The molecule has 1 amide bonds. The molecule has 2 aliphatic rings. The first-order valence-electron chi connectivity index (χ1n) is 9.88. The fourth-order valence-corrected chi connectivity index (χ4v) is 3.94. The van der Waals surface area contributed by atoms with E-state index in [0.29, 0.717) is 12.4 Å². The predicted octanol–water partition coefficient (Wildman–Crippen LogP) is 1.39. The first kappa shape index (κ1) is 17.9. The highest BCUT2D eigenvalue weighted by molar-refractivity contribution is 5.78. The van der Waals surface area contributed by atoms with E-state index in [9.17, 15) is 4.79 Å². The van der Waals surface area contributed by atoms with Crippen molar-refractivity contribution >= 4 is 11.6 Å². The maximum absolute atomic E-state index is 12.7. The Morgan fingerprint density at radius 3 is 2.48 bits per heavy atom. The SMILES string of the molecule is O=C(CN1CCCCC1)N1CCCN(c2ccc(-c3nn[nH]n3)cc2)CC1. The van der Waals surface area contributed by atoms with Crippen LogP contribution in [0.25, 0.3) is 11.4 Å². The van der Waals surface area contributed by atoms with Crippen LogP contribution in [0.4, 0.5) is 5.69 Å². The second kappa shape index (κ2) is 8.47. The first-order chi connectivity index (χ1) is 13.3. The van der Waals surface area contributed by atoms with Crippen molar-refractivity contribution in [2.75, 3.05) is 50.7 Å². The topological polar surface area (TPSA) is 81.3 Å². The lowest BCUT2D eigenvalue weighted by Crippen LogP contribution is -2.43. The van der Waals surface area contributed by atoms with E-state index in [1.165, 1.54) is 24.9 Å². The quantitative estimate of drug-likeness (QED) is 0.877.